The first-order chi connectivity index (χ1) is 3.48. The summed E-state index contributed by atoms with van der Waals surface area (Å²) >= 11 is 0. The number of ether oxygens (including phenoxy) is 1. The van der Waals surface area contributed by atoms with Crippen LogP contribution in [-0.2, 0) is 14.9 Å². The fraction of sp³-hybridized carbons (Fsp3) is 0.667. The minimum atomic E-state index is -4.09. The van der Waals surface area contributed by atoms with Crippen molar-refractivity contribution < 1.29 is 17.7 Å². The van der Waals surface area contributed by atoms with Crippen LogP contribution in [0.4, 0.5) is 0 Å². The van der Waals surface area contributed by atoms with Crippen LogP contribution in [0.3, 0.4) is 0 Å². The van der Waals surface area contributed by atoms with E-state index in [2.05, 4.69) is 11.7 Å². The Hall–Kier alpha value is -0.130. The second-order valence-electron chi connectivity index (χ2n) is 1.18. The zero-order chi connectivity index (χ0) is 6.78. The molecule has 1 atom stereocenters. The molecular weight excluding hydrogens is 132 g/mol. The summed E-state index contributed by atoms with van der Waals surface area (Å²) in [5.41, 5.74) is -1.37. The highest BCUT2D eigenvalue weighted by atomic mass is 32.2. The highest BCUT2D eigenvalue weighted by Gasteiger charge is 2.14. The summed E-state index contributed by atoms with van der Waals surface area (Å²) in [7, 11) is -2.94. The summed E-state index contributed by atoms with van der Waals surface area (Å²) in [6.45, 7) is 2.97. The molecule has 0 aromatic heterocycles. The average Bonchev–Trinajstić information content (AvgIpc) is 1.62. The summed E-state index contributed by atoms with van der Waals surface area (Å²) in [6.07, 6.45) is 0. The van der Waals surface area contributed by atoms with Gasteiger partial charge in [-0.2, -0.15) is 8.42 Å². The van der Waals surface area contributed by atoms with E-state index in [1.165, 1.54) is 0 Å². The van der Waals surface area contributed by atoms with Crippen molar-refractivity contribution in [3.63, 3.8) is 0 Å². The minimum Gasteiger partial charge on any atom is -0.363 e. The van der Waals surface area contributed by atoms with Crippen LogP contribution in [0, 0.1) is 6.92 Å². The van der Waals surface area contributed by atoms with Crippen LogP contribution in [-0.4, -0.2) is 25.5 Å². The molecule has 0 aromatic carbocycles. The van der Waals surface area contributed by atoms with Crippen LogP contribution < -0.4 is 0 Å². The van der Waals surface area contributed by atoms with Crippen molar-refractivity contribution in [1.29, 1.82) is 0 Å². The van der Waals surface area contributed by atoms with E-state index in [0.29, 0.717) is 0 Å². The largest absolute Gasteiger partial charge is 0.363 e. The zero-order valence-corrected chi connectivity index (χ0v) is 5.18. The van der Waals surface area contributed by atoms with Crippen LogP contribution in [0.15, 0.2) is 0 Å². The Bertz CT molecular complexity index is 147. The van der Waals surface area contributed by atoms with E-state index < -0.39 is 15.6 Å². The number of hydrogen-bond donors (Lipinski definition) is 1. The molecule has 0 aliphatic carbocycles. The first-order valence-corrected chi connectivity index (χ1v) is 3.31. The molecule has 4 nitrogen and oxygen atoms in total. The first kappa shape index (κ1) is 7.87. The van der Waals surface area contributed by atoms with Crippen LogP contribution in [0.2, 0.25) is 0 Å². The van der Waals surface area contributed by atoms with E-state index in [4.69, 9.17) is 4.55 Å². The van der Waals surface area contributed by atoms with Crippen molar-refractivity contribution in [1.82, 2.24) is 0 Å². The molecule has 0 aliphatic heterocycles. The molecule has 1 unspecified atom stereocenters. The highest BCUT2D eigenvalue weighted by Crippen LogP contribution is 1.94. The Morgan fingerprint density at radius 1 is 1.75 bits per heavy atom. The van der Waals surface area contributed by atoms with Gasteiger partial charge in [0.05, 0.1) is 0 Å². The Morgan fingerprint density at radius 2 is 2.12 bits per heavy atom. The Morgan fingerprint density at radius 3 is 2.12 bits per heavy atom. The maximum absolute atomic E-state index is 9.93. The molecule has 0 saturated heterocycles. The molecule has 0 aromatic rings. The molecule has 0 saturated carbocycles. The molecule has 0 amide bonds. The quantitative estimate of drug-likeness (QED) is 0.532. The predicted molar refractivity (Wildman–Crippen MR) is 27.7 cm³/mol. The van der Waals surface area contributed by atoms with E-state index in [1.54, 1.807) is 0 Å². The zero-order valence-electron chi connectivity index (χ0n) is 4.36. The van der Waals surface area contributed by atoms with Gasteiger partial charge in [-0.1, -0.05) is 0 Å². The van der Waals surface area contributed by atoms with Crippen LogP contribution in [0.5, 0.6) is 0 Å². The molecule has 5 heteroatoms. The molecular formula is C3H7O4S. The SMILES string of the molecule is [CH2]C(OC)S(=O)(=O)O. The normalized spacial score (nSPS) is 15.9. The molecule has 0 aliphatic rings. The third-order valence-electron chi connectivity index (χ3n) is 0.595. The van der Waals surface area contributed by atoms with Gasteiger partial charge in [0.15, 0.2) is 5.44 Å². The topological polar surface area (TPSA) is 63.6 Å². The predicted octanol–water partition coefficient (Wildman–Crippen LogP) is -0.319. The van der Waals surface area contributed by atoms with Crippen LogP contribution in [0.25, 0.3) is 0 Å². The van der Waals surface area contributed by atoms with Crippen molar-refractivity contribution in [3.05, 3.63) is 6.92 Å². The lowest BCUT2D eigenvalue weighted by atomic mass is 10.9. The highest BCUT2D eigenvalue weighted by molar-refractivity contribution is 7.86. The fourth-order valence-electron chi connectivity index (χ4n) is 0.122. The van der Waals surface area contributed by atoms with Crippen molar-refractivity contribution >= 4 is 10.1 Å². The minimum absolute atomic E-state index is 1.14. The van der Waals surface area contributed by atoms with E-state index >= 15 is 0 Å². The van der Waals surface area contributed by atoms with Gasteiger partial charge in [-0.05, 0) is 6.92 Å². The Kier molecular flexibility index (Phi) is 2.39. The summed E-state index contributed by atoms with van der Waals surface area (Å²) in [4.78, 5) is 0. The molecule has 0 heterocycles. The fourth-order valence-corrected chi connectivity index (χ4v) is 0.365. The van der Waals surface area contributed by atoms with Crippen molar-refractivity contribution in [3.8, 4) is 0 Å². The summed E-state index contributed by atoms with van der Waals surface area (Å²) in [5.74, 6) is 0. The smallest absolute Gasteiger partial charge is 0.292 e. The Labute approximate surface area is 48.2 Å². The standard InChI is InChI=1S/C3H7O4S/c1-3(7-2)8(4,5)6/h3H,1H2,2H3,(H,4,5,6). The molecule has 1 radical (unpaired) electrons. The van der Waals surface area contributed by atoms with Gasteiger partial charge in [0.2, 0.25) is 0 Å². The molecule has 0 spiro atoms. The number of rotatable bonds is 2. The lowest BCUT2D eigenvalue weighted by Gasteiger charge is -2.02. The van der Waals surface area contributed by atoms with Crippen LogP contribution in [0.1, 0.15) is 0 Å². The van der Waals surface area contributed by atoms with E-state index in [-0.39, 0.29) is 0 Å². The molecule has 0 rings (SSSR count). The number of hydrogen-bond acceptors (Lipinski definition) is 3. The monoisotopic (exact) mass is 139 g/mol. The average molecular weight is 139 g/mol. The van der Waals surface area contributed by atoms with Gasteiger partial charge in [-0.25, -0.2) is 0 Å². The summed E-state index contributed by atoms with van der Waals surface area (Å²) in [6, 6.07) is 0. The second kappa shape index (κ2) is 2.43. The third kappa shape index (κ3) is 2.25. The second-order valence-corrected chi connectivity index (χ2v) is 2.74. The Balaban J connectivity index is 4.04. The van der Waals surface area contributed by atoms with Gasteiger partial charge in [0.25, 0.3) is 10.1 Å². The summed E-state index contributed by atoms with van der Waals surface area (Å²) in [5, 5.41) is 0. The van der Waals surface area contributed by atoms with Gasteiger partial charge < -0.3 is 4.74 Å². The van der Waals surface area contributed by atoms with E-state index in [1.807, 2.05) is 0 Å². The van der Waals surface area contributed by atoms with Gasteiger partial charge in [-0.3, -0.25) is 4.55 Å². The summed E-state index contributed by atoms with van der Waals surface area (Å²) < 4.78 is 32.1. The number of methoxy groups -OCH3 is 1. The van der Waals surface area contributed by atoms with Crippen molar-refractivity contribution in [2.45, 2.75) is 5.44 Å². The molecule has 49 valence electrons. The molecule has 8 heavy (non-hydrogen) atoms. The molecule has 1 N–H and O–H groups in total. The molecule has 0 bridgehead atoms. The van der Waals surface area contributed by atoms with Crippen molar-refractivity contribution in [2.75, 3.05) is 7.11 Å². The van der Waals surface area contributed by atoms with Gasteiger partial charge in [-0.15, -0.1) is 0 Å². The van der Waals surface area contributed by atoms with E-state index in [9.17, 15) is 8.42 Å². The van der Waals surface area contributed by atoms with Crippen LogP contribution >= 0.6 is 0 Å². The van der Waals surface area contributed by atoms with E-state index in [0.717, 1.165) is 7.11 Å². The lowest BCUT2D eigenvalue weighted by molar-refractivity contribution is 0.186. The maximum Gasteiger partial charge on any atom is 0.292 e. The van der Waals surface area contributed by atoms with Gasteiger partial charge in [0.1, 0.15) is 0 Å². The first-order valence-electron chi connectivity index (χ1n) is 1.80. The lowest BCUT2D eigenvalue weighted by Crippen LogP contribution is -2.18. The third-order valence-corrected chi connectivity index (χ3v) is 1.45. The van der Waals surface area contributed by atoms with Crippen molar-refractivity contribution in [2.24, 2.45) is 0 Å². The molecule has 0 fully saturated rings. The maximum atomic E-state index is 9.93. The van der Waals surface area contributed by atoms with Gasteiger partial charge in [0, 0.05) is 7.11 Å². The van der Waals surface area contributed by atoms with Gasteiger partial charge >= 0.3 is 0 Å².